The highest BCUT2D eigenvalue weighted by Crippen LogP contribution is 2.19. The molecule has 1 atom stereocenters. The van der Waals surface area contributed by atoms with Crippen molar-refractivity contribution in [3.05, 3.63) is 59.7 Å². The first-order chi connectivity index (χ1) is 10.6. The van der Waals surface area contributed by atoms with E-state index in [0.717, 1.165) is 23.4 Å². The molecule has 0 spiro atoms. The van der Waals surface area contributed by atoms with E-state index in [2.05, 4.69) is 36.6 Å². The first kappa shape index (κ1) is 16.3. The Morgan fingerprint density at radius 1 is 1.18 bits per heavy atom. The van der Waals surface area contributed by atoms with Gasteiger partial charge in [0.05, 0.1) is 13.2 Å². The summed E-state index contributed by atoms with van der Waals surface area (Å²) in [6.07, 6.45) is 0.969. The van der Waals surface area contributed by atoms with E-state index in [1.807, 2.05) is 36.4 Å². The number of rotatable bonds is 5. The van der Waals surface area contributed by atoms with Crippen LogP contribution in [0.5, 0.6) is 5.75 Å². The van der Waals surface area contributed by atoms with Crippen molar-refractivity contribution >= 4 is 23.0 Å². The number of hydrogen-bond acceptors (Lipinski definition) is 2. The van der Waals surface area contributed by atoms with Crippen molar-refractivity contribution in [2.24, 2.45) is 0 Å². The van der Waals surface area contributed by atoms with Gasteiger partial charge in [-0.25, -0.2) is 0 Å². The number of hydrogen-bond donors (Lipinski definition) is 2. The molecule has 1 unspecified atom stereocenters. The summed E-state index contributed by atoms with van der Waals surface area (Å²) in [5.41, 5.74) is 3.44. The van der Waals surface area contributed by atoms with Crippen LogP contribution in [0.4, 0.5) is 5.69 Å². The highest BCUT2D eigenvalue weighted by Gasteiger charge is 2.09. The molecule has 0 saturated heterocycles. The second-order valence-electron chi connectivity index (χ2n) is 5.11. The maximum atomic E-state index is 5.43. The summed E-state index contributed by atoms with van der Waals surface area (Å²) in [5.74, 6) is 0.848. The molecule has 3 nitrogen and oxygen atoms in total. The Morgan fingerprint density at radius 2 is 1.95 bits per heavy atom. The molecule has 2 aromatic rings. The highest BCUT2D eigenvalue weighted by atomic mass is 32.1. The average molecular weight is 314 g/mol. The van der Waals surface area contributed by atoms with E-state index in [0.29, 0.717) is 5.11 Å². The Bertz CT molecular complexity index is 642. The molecule has 0 amide bonds. The van der Waals surface area contributed by atoms with Gasteiger partial charge in [-0.05, 0) is 54.9 Å². The van der Waals surface area contributed by atoms with E-state index in [1.54, 1.807) is 7.11 Å². The summed E-state index contributed by atoms with van der Waals surface area (Å²) in [6, 6.07) is 16.3. The third kappa shape index (κ3) is 4.21. The van der Waals surface area contributed by atoms with Gasteiger partial charge in [0.1, 0.15) is 5.75 Å². The molecule has 4 heteroatoms. The number of thiocarbonyl (C=S) groups is 1. The van der Waals surface area contributed by atoms with E-state index in [1.165, 1.54) is 5.56 Å². The van der Waals surface area contributed by atoms with Crippen LogP contribution < -0.4 is 15.4 Å². The predicted octanol–water partition coefficient (Wildman–Crippen LogP) is 4.31. The molecular formula is C18H22N2OS. The lowest BCUT2D eigenvalue weighted by Gasteiger charge is -2.19. The Hall–Kier alpha value is -2.07. The van der Waals surface area contributed by atoms with Crippen LogP contribution in [0.3, 0.4) is 0 Å². The fraction of sp³-hybridized carbons (Fsp3) is 0.278. The van der Waals surface area contributed by atoms with Gasteiger partial charge in [0, 0.05) is 5.69 Å². The van der Waals surface area contributed by atoms with Gasteiger partial charge < -0.3 is 15.4 Å². The zero-order valence-electron chi connectivity index (χ0n) is 13.2. The fourth-order valence-electron chi connectivity index (χ4n) is 2.30. The van der Waals surface area contributed by atoms with Crippen LogP contribution in [-0.2, 0) is 6.42 Å². The van der Waals surface area contributed by atoms with Gasteiger partial charge in [0.2, 0.25) is 0 Å². The second kappa shape index (κ2) is 7.80. The molecule has 2 N–H and O–H groups in total. The monoisotopic (exact) mass is 314 g/mol. The molecule has 0 bridgehead atoms. The van der Waals surface area contributed by atoms with Gasteiger partial charge >= 0.3 is 0 Å². The van der Waals surface area contributed by atoms with Crippen LogP contribution >= 0.6 is 12.2 Å². The van der Waals surface area contributed by atoms with Crippen molar-refractivity contribution in [2.75, 3.05) is 12.4 Å². The number of methoxy groups -OCH3 is 1. The summed E-state index contributed by atoms with van der Waals surface area (Å²) >= 11 is 5.43. The van der Waals surface area contributed by atoms with E-state index in [-0.39, 0.29) is 6.04 Å². The zero-order chi connectivity index (χ0) is 15.9. The largest absolute Gasteiger partial charge is 0.497 e. The Kier molecular flexibility index (Phi) is 5.78. The van der Waals surface area contributed by atoms with Crippen molar-refractivity contribution in [3.63, 3.8) is 0 Å². The molecule has 116 valence electrons. The fourth-order valence-corrected chi connectivity index (χ4v) is 2.59. The van der Waals surface area contributed by atoms with E-state index in [4.69, 9.17) is 17.0 Å². The van der Waals surface area contributed by atoms with Crippen molar-refractivity contribution in [1.82, 2.24) is 5.32 Å². The molecular weight excluding hydrogens is 292 g/mol. The highest BCUT2D eigenvalue weighted by molar-refractivity contribution is 7.80. The van der Waals surface area contributed by atoms with Crippen molar-refractivity contribution in [2.45, 2.75) is 26.3 Å². The van der Waals surface area contributed by atoms with Crippen LogP contribution in [0.25, 0.3) is 0 Å². The Morgan fingerprint density at radius 3 is 2.68 bits per heavy atom. The lowest BCUT2D eigenvalue weighted by atomic mass is 10.1. The first-order valence-corrected chi connectivity index (χ1v) is 7.84. The maximum Gasteiger partial charge on any atom is 0.171 e. The third-order valence-corrected chi connectivity index (χ3v) is 3.81. The number of para-hydroxylation sites is 1. The van der Waals surface area contributed by atoms with Gasteiger partial charge in [-0.3, -0.25) is 0 Å². The number of benzene rings is 2. The third-order valence-electron chi connectivity index (χ3n) is 3.59. The molecule has 0 aliphatic rings. The van der Waals surface area contributed by atoms with Crippen LogP contribution in [0, 0.1) is 0 Å². The van der Waals surface area contributed by atoms with Crippen LogP contribution in [0.15, 0.2) is 48.5 Å². The van der Waals surface area contributed by atoms with E-state index >= 15 is 0 Å². The summed E-state index contributed by atoms with van der Waals surface area (Å²) in [7, 11) is 1.67. The molecule has 22 heavy (non-hydrogen) atoms. The lowest BCUT2D eigenvalue weighted by Crippen LogP contribution is -2.31. The minimum absolute atomic E-state index is 0.101. The summed E-state index contributed by atoms with van der Waals surface area (Å²) < 4.78 is 5.26. The van der Waals surface area contributed by atoms with Gasteiger partial charge in [-0.1, -0.05) is 37.3 Å². The normalized spacial score (nSPS) is 11.6. The molecule has 0 saturated carbocycles. The van der Waals surface area contributed by atoms with E-state index < -0.39 is 0 Å². The summed E-state index contributed by atoms with van der Waals surface area (Å²) in [5, 5.41) is 7.21. The van der Waals surface area contributed by atoms with Crippen molar-refractivity contribution < 1.29 is 4.74 Å². The van der Waals surface area contributed by atoms with Crippen LogP contribution in [-0.4, -0.2) is 12.2 Å². The summed E-state index contributed by atoms with van der Waals surface area (Å²) in [4.78, 5) is 0. The minimum atomic E-state index is 0.101. The molecule has 0 aromatic heterocycles. The van der Waals surface area contributed by atoms with Crippen molar-refractivity contribution in [1.29, 1.82) is 0 Å². The minimum Gasteiger partial charge on any atom is -0.497 e. The topological polar surface area (TPSA) is 33.3 Å². The second-order valence-corrected chi connectivity index (χ2v) is 5.52. The van der Waals surface area contributed by atoms with Gasteiger partial charge in [-0.2, -0.15) is 0 Å². The predicted molar refractivity (Wildman–Crippen MR) is 96.6 cm³/mol. The van der Waals surface area contributed by atoms with Gasteiger partial charge in [-0.15, -0.1) is 0 Å². The molecule has 2 rings (SSSR count). The van der Waals surface area contributed by atoms with E-state index in [9.17, 15) is 0 Å². The Labute approximate surface area is 137 Å². The number of aryl methyl sites for hydroxylation is 1. The molecule has 2 aromatic carbocycles. The average Bonchev–Trinajstić information content (AvgIpc) is 2.55. The van der Waals surface area contributed by atoms with Crippen LogP contribution in [0.1, 0.15) is 31.0 Å². The van der Waals surface area contributed by atoms with Gasteiger partial charge in [0.25, 0.3) is 0 Å². The maximum absolute atomic E-state index is 5.43. The smallest absolute Gasteiger partial charge is 0.171 e. The molecule has 0 aliphatic heterocycles. The van der Waals surface area contributed by atoms with Gasteiger partial charge in [0.15, 0.2) is 5.11 Å². The quantitative estimate of drug-likeness (QED) is 0.806. The number of nitrogens with one attached hydrogen (secondary N) is 2. The SMILES string of the molecule is CCc1ccccc1NC(=S)NC(C)c1cccc(OC)c1. The molecule has 0 aliphatic carbocycles. The first-order valence-electron chi connectivity index (χ1n) is 7.43. The van der Waals surface area contributed by atoms with Crippen molar-refractivity contribution in [3.8, 4) is 5.75 Å². The standard InChI is InChI=1S/C18H22N2OS/c1-4-14-8-5-6-11-17(14)20-18(22)19-13(2)15-9-7-10-16(12-15)21-3/h5-13H,4H2,1-3H3,(H2,19,20,22). The molecule has 0 fully saturated rings. The Balaban J connectivity index is 2.02. The molecule has 0 radical (unpaired) electrons. The lowest BCUT2D eigenvalue weighted by molar-refractivity contribution is 0.413. The van der Waals surface area contributed by atoms with Crippen LogP contribution in [0.2, 0.25) is 0 Å². The number of anilines is 1. The zero-order valence-corrected chi connectivity index (χ0v) is 14.0. The number of ether oxygens (including phenoxy) is 1. The molecule has 0 heterocycles. The summed E-state index contributed by atoms with van der Waals surface area (Å²) in [6.45, 7) is 4.21.